The number of para-hydroxylation sites is 1. The van der Waals surface area contributed by atoms with E-state index in [2.05, 4.69) is 9.46 Å². The molecule has 1 aromatic carbocycles. The molecule has 5 nitrogen and oxygen atoms in total. The third-order valence-corrected chi connectivity index (χ3v) is 4.40. The van der Waals surface area contributed by atoms with Crippen LogP contribution in [0.4, 0.5) is 5.69 Å². The average Bonchev–Trinajstić information content (AvgIpc) is 3.12. The molecule has 92 valence electrons. The topological polar surface area (TPSA) is 72.5 Å². The van der Waals surface area contributed by atoms with Gasteiger partial charge in [0.15, 0.2) is 0 Å². The van der Waals surface area contributed by atoms with Gasteiger partial charge in [0.1, 0.15) is 0 Å². The van der Waals surface area contributed by atoms with Gasteiger partial charge in [-0.25, -0.2) is 13.2 Å². The minimum Gasteiger partial charge on any atom is -0.465 e. The molecule has 6 heteroatoms. The van der Waals surface area contributed by atoms with Gasteiger partial charge in [0.2, 0.25) is 10.0 Å². The van der Waals surface area contributed by atoms with E-state index in [0.717, 1.165) is 0 Å². The van der Waals surface area contributed by atoms with Gasteiger partial charge in [0, 0.05) is 0 Å². The van der Waals surface area contributed by atoms with Crippen LogP contribution in [0.15, 0.2) is 24.3 Å². The molecule has 0 heterocycles. The van der Waals surface area contributed by atoms with Crippen LogP contribution in [0.2, 0.25) is 0 Å². The lowest BCUT2D eigenvalue weighted by Gasteiger charge is -2.10. The average molecular weight is 255 g/mol. The van der Waals surface area contributed by atoms with Gasteiger partial charge in [0.05, 0.1) is 23.6 Å². The first kappa shape index (κ1) is 11.9. The zero-order valence-corrected chi connectivity index (χ0v) is 10.2. The molecule has 0 atom stereocenters. The molecule has 0 saturated heterocycles. The van der Waals surface area contributed by atoms with Crippen molar-refractivity contribution in [3.05, 3.63) is 29.8 Å². The first-order valence-electron chi connectivity index (χ1n) is 5.23. The van der Waals surface area contributed by atoms with Crippen LogP contribution in [0.1, 0.15) is 23.2 Å². The molecule has 1 saturated carbocycles. The molecule has 0 unspecified atom stereocenters. The van der Waals surface area contributed by atoms with Crippen LogP contribution in [0.25, 0.3) is 0 Å². The third-order valence-electron chi connectivity index (χ3n) is 2.55. The van der Waals surface area contributed by atoms with Crippen molar-refractivity contribution in [1.29, 1.82) is 0 Å². The lowest BCUT2D eigenvalue weighted by atomic mass is 10.2. The number of methoxy groups -OCH3 is 1. The van der Waals surface area contributed by atoms with Gasteiger partial charge >= 0.3 is 5.97 Å². The number of nitrogens with one attached hydrogen (secondary N) is 1. The summed E-state index contributed by atoms with van der Waals surface area (Å²) in [7, 11) is -2.10. The molecule has 17 heavy (non-hydrogen) atoms. The Hall–Kier alpha value is -1.56. The fraction of sp³-hybridized carbons (Fsp3) is 0.364. The minimum atomic E-state index is -3.36. The van der Waals surface area contributed by atoms with Crippen molar-refractivity contribution in [2.45, 2.75) is 18.1 Å². The van der Waals surface area contributed by atoms with E-state index in [-0.39, 0.29) is 16.5 Å². The number of sulfonamides is 1. The van der Waals surface area contributed by atoms with Crippen molar-refractivity contribution in [3.8, 4) is 0 Å². The number of anilines is 1. The normalized spacial score (nSPS) is 15.4. The Bertz CT molecular complexity index is 534. The van der Waals surface area contributed by atoms with Crippen molar-refractivity contribution in [3.63, 3.8) is 0 Å². The van der Waals surface area contributed by atoms with Crippen LogP contribution in [0.5, 0.6) is 0 Å². The van der Waals surface area contributed by atoms with Crippen molar-refractivity contribution in [2.75, 3.05) is 11.8 Å². The number of hydrogen-bond donors (Lipinski definition) is 1. The van der Waals surface area contributed by atoms with E-state index < -0.39 is 16.0 Å². The fourth-order valence-corrected chi connectivity index (χ4v) is 2.88. The molecular formula is C11H13NO4S. The number of carbonyl (C=O) groups excluding carboxylic acids is 1. The fourth-order valence-electron chi connectivity index (χ4n) is 1.48. The van der Waals surface area contributed by atoms with Gasteiger partial charge in [0.25, 0.3) is 0 Å². The Kier molecular flexibility index (Phi) is 3.06. The van der Waals surface area contributed by atoms with Gasteiger partial charge in [-0.15, -0.1) is 0 Å². The molecule has 0 spiro atoms. The summed E-state index contributed by atoms with van der Waals surface area (Å²) in [6.45, 7) is 0. The minimum absolute atomic E-state index is 0.222. The molecule has 1 aliphatic rings. The first-order valence-corrected chi connectivity index (χ1v) is 6.78. The smallest absolute Gasteiger partial charge is 0.339 e. The van der Waals surface area contributed by atoms with Crippen LogP contribution >= 0.6 is 0 Å². The summed E-state index contributed by atoms with van der Waals surface area (Å²) < 4.78 is 30.6. The molecular weight excluding hydrogens is 242 g/mol. The van der Waals surface area contributed by atoms with Gasteiger partial charge in [-0.3, -0.25) is 4.72 Å². The molecule has 0 amide bonds. The van der Waals surface area contributed by atoms with E-state index in [4.69, 9.17) is 0 Å². The van der Waals surface area contributed by atoms with Gasteiger partial charge in [-0.1, -0.05) is 12.1 Å². The highest BCUT2D eigenvalue weighted by molar-refractivity contribution is 7.93. The highest BCUT2D eigenvalue weighted by Crippen LogP contribution is 2.30. The van der Waals surface area contributed by atoms with Gasteiger partial charge < -0.3 is 4.74 Å². The van der Waals surface area contributed by atoms with Crippen LogP contribution in [0, 0.1) is 0 Å². The molecule has 1 aromatic rings. The zero-order chi connectivity index (χ0) is 12.5. The van der Waals surface area contributed by atoms with Crippen LogP contribution in [-0.4, -0.2) is 26.7 Å². The zero-order valence-electron chi connectivity index (χ0n) is 9.34. The molecule has 1 aliphatic carbocycles. The maximum absolute atomic E-state index is 11.8. The summed E-state index contributed by atoms with van der Waals surface area (Å²) in [5.41, 5.74) is 0.491. The predicted molar refractivity (Wildman–Crippen MR) is 63.3 cm³/mol. The van der Waals surface area contributed by atoms with Gasteiger partial charge in [-0.05, 0) is 25.0 Å². The van der Waals surface area contributed by atoms with E-state index in [9.17, 15) is 13.2 Å². The van der Waals surface area contributed by atoms with E-state index in [1.165, 1.54) is 13.2 Å². The highest BCUT2D eigenvalue weighted by atomic mass is 32.2. The number of ether oxygens (including phenoxy) is 1. The van der Waals surface area contributed by atoms with Crippen LogP contribution in [0.3, 0.4) is 0 Å². The Morgan fingerprint density at radius 3 is 2.59 bits per heavy atom. The quantitative estimate of drug-likeness (QED) is 0.825. The third kappa shape index (κ3) is 2.58. The van der Waals surface area contributed by atoms with Crippen LogP contribution < -0.4 is 4.72 Å². The first-order chi connectivity index (χ1) is 8.04. The summed E-state index contributed by atoms with van der Waals surface area (Å²) >= 11 is 0. The van der Waals surface area contributed by atoms with Crippen molar-refractivity contribution in [1.82, 2.24) is 0 Å². The Labute approximate surface area is 99.8 Å². The van der Waals surface area contributed by atoms with Crippen molar-refractivity contribution >= 4 is 21.7 Å². The second-order valence-corrected chi connectivity index (χ2v) is 5.84. The van der Waals surface area contributed by atoms with E-state index >= 15 is 0 Å². The summed E-state index contributed by atoms with van der Waals surface area (Å²) in [5.74, 6) is -0.556. The van der Waals surface area contributed by atoms with Crippen LogP contribution in [-0.2, 0) is 14.8 Å². The highest BCUT2D eigenvalue weighted by Gasteiger charge is 2.36. The van der Waals surface area contributed by atoms with Gasteiger partial charge in [-0.2, -0.15) is 0 Å². The number of rotatable bonds is 4. The summed E-state index contributed by atoms with van der Waals surface area (Å²) in [4.78, 5) is 11.4. The number of hydrogen-bond acceptors (Lipinski definition) is 4. The monoisotopic (exact) mass is 255 g/mol. The maximum atomic E-state index is 11.8. The van der Waals surface area contributed by atoms with E-state index in [0.29, 0.717) is 12.8 Å². The lowest BCUT2D eigenvalue weighted by Crippen LogP contribution is -2.19. The molecule has 0 bridgehead atoms. The molecule has 0 aromatic heterocycles. The van der Waals surface area contributed by atoms with E-state index in [1.54, 1.807) is 18.2 Å². The Morgan fingerprint density at radius 2 is 2.00 bits per heavy atom. The number of benzene rings is 1. The van der Waals surface area contributed by atoms with Crippen molar-refractivity contribution in [2.24, 2.45) is 0 Å². The molecule has 0 aliphatic heterocycles. The number of esters is 1. The maximum Gasteiger partial charge on any atom is 0.339 e. The molecule has 1 N–H and O–H groups in total. The molecule has 1 fully saturated rings. The SMILES string of the molecule is COC(=O)c1ccccc1NS(=O)(=O)C1CC1. The Morgan fingerprint density at radius 1 is 1.35 bits per heavy atom. The van der Waals surface area contributed by atoms with Crippen molar-refractivity contribution < 1.29 is 17.9 Å². The Balaban J connectivity index is 2.29. The predicted octanol–water partition coefficient (Wildman–Crippen LogP) is 1.38. The summed E-state index contributed by atoms with van der Waals surface area (Å²) in [5, 5.41) is -0.326. The standard InChI is InChI=1S/C11H13NO4S/c1-16-11(13)9-4-2-3-5-10(9)12-17(14,15)8-6-7-8/h2-5,8,12H,6-7H2,1H3. The second-order valence-electron chi connectivity index (χ2n) is 3.88. The summed E-state index contributed by atoms with van der Waals surface area (Å²) in [6.07, 6.45) is 1.35. The lowest BCUT2D eigenvalue weighted by molar-refractivity contribution is 0.0602. The molecule has 0 radical (unpaired) electrons. The second kappa shape index (κ2) is 4.37. The number of carbonyl (C=O) groups is 1. The molecule has 2 rings (SSSR count). The van der Waals surface area contributed by atoms with E-state index in [1.807, 2.05) is 0 Å². The summed E-state index contributed by atoms with van der Waals surface area (Å²) in [6, 6.07) is 6.39. The largest absolute Gasteiger partial charge is 0.465 e.